The summed E-state index contributed by atoms with van der Waals surface area (Å²) in [7, 11) is 0. The van der Waals surface area contributed by atoms with Crippen LogP contribution in [-0.4, -0.2) is 17.9 Å². The van der Waals surface area contributed by atoms with Crippen molar-refractivity contribution < 1.29 is 9.59 Å². The molecule has 0 saturated carbocycles. The average Bonchev–Trinajstić information content (AvgIpc) is 2.25. The number of hydrogen-bond donors (Lipinski definition) is 4. The van der Waals surface area contributed by atoms with E-state index < -0.39 is 23.9 Å². The summed E-state index contributed by atoms with van der Waals surface area (Å²) in [5, 5.41) is 2.30. The Balaban J connectivity index is 2.86. The molecule has 1 unspecified atom stereocenters. The van der Waals surface area contributed by atoms with Crippen molar-refractivity contribution in [3.05, 3.63) is 35.9 Å². The second kappa shape index (κ2) is 5.50. The lowest BCUT2D eigenvalue weighted by Crippen LogP contribution is -2.37. The number of nitrogens with zero attached hydrogens (tertiary/aromatic N) is 1. The fourth-order valence-corrected chi connectivity index (χ4v) is 1.24. The zero-order valence-corrected chi connectivity index (χ0v) is 8.96. The van der Waals surface area contributed by atoms with Gasteiger partial charge in [-0.3, -0.25) is 4.79 Å². The van der Waals surface area contributed by atoms with E-state index in [1.807, 2.05) is 0 Å². The van der Waals surface area contributed by atoms with Crippen molar-refractivity contribution in [2.45, 2.75) is 6.04 Å². The Hall–Kier alpha value is -2.57. The summed E-state index contributed by atoms with van der Waals surface area (Å²) >= 11 is 0. The standard InChI is InChI=1S/C10H13N5O2/c11-8(16)7(6-4-2-1-3-5-6)14-10(17)15-9(12)13/h1-5,7H,(H2,11,16)(H5,12,13,14,15,17). The molecule has 1 aromatic rings. The van der Waals surface area contributed by atoms with Crippen LogP contribution in [0, 0.1) is 0 Å². The fourth-order valence-electron chi connectivity index (χ4n) is 1.24. The lowest BCUT2D eigenvalue weighted by Gasteiger charge is -2.13. The molecule has 0 heterocycles. The minimum Gasteiger partial charge on any atom is -0.370 e. The van der Waals surface area contributed by atoms with E-state index in [0.29, 0.717) is 5.56 Å². The molecule has 0 fully saturated rings. The molecule has 0 spiro atoms. The summed E-state index contributed by atoms with van der Waals surface area (Å²) in [6.07, 6.45) is 0. The van der Waals surface area contributed by atoms with Crippen molar-refractivity contribution >= 4 is 17.9 Å². The second-order valence-corrected chi connectivity index (χ2v) is 3.23. The van der Waals surface area contributed by atoms with Crippen LogP contribution in [0.1, 0.15) is 11.6 Å². The molecule has 7 nitrogen and oxygen atoms in total. The van der Waals surface area contributed by atoms with Gasteiger partial charge in [0.05, 0.1) is 0 Å². The van der Waals surface area contributed by atoms with Crippen LogP contribution in [0.2, 0.25) is 0 Å². The van der Waals surface area contributed by atoms with Gasteiger partial charge in [-0.05, 0) is 5.56 Å². The number of primary amides is 1. The smallest absolute Gasteiger partial charge is 0.345 e. The SMILES string of the molecule is NC(=O)C(NC(=O)N=C(N)N)c1ccccc1. The van der Waals surface area contributed by atoms with E-state index in [9.17, 15) is 9.59 Å². The maximum absolute atomic E-state index is 11.3. The minimum atomic E-state index is -0.966. The lowest BCUT2D eigenvalue weighted by atomic mass is 10.1. The predicted molar refractivity (Wildman–Crippen MR) is 62.7 cm³/mol. The van der Waals surface area contributed by atoms with Gasteiger partial charge in [0.2, 0.25) is 5.91 Å². The number of rotatable bonds is 3. The summed E-state index contributed by atoms with van der Waals surface area (Å²) < 4.78 is 0. The molecule has 0 aliphatic carbocycles. The number of carbonyl (C=O) groups excluding carboxylic acids is 2. The van der Waals surface area contributed by atoms with Crippen molar-refractivity contribution in [1.82, 2.24) is 5.32 Å². The Morgan fingerprint density at radius 2 is 1.71 bits per heavy atom. The molecule has 0 aliphatic rings. The third kappa shape index (κ3) is 3.82. The molecule has 1 aromatic carbocycles. The Morgan fingerprint density at radius 3 is 2.18 bits per heavy atom. The molecular formula is C10H13N5O2. The molecule has 1 rings (SSSR count). The molecule has 90 valence electrons. The van der Waals surface area contributed by atoms with Crippen molar-refractivity contribution in [3.8, 4) is 0 Å². The van der Waals surface area contributed by atoms with Crippen LogP contribution in [0.15, 0.2) is 35.3 Å². The van der Waals surface area contributed by atoms with Gasteiger partial charge in [-0.1, -0.05) is 30.3 Å². The van der Waals surface area contributed by atoms with Gasteiger partial charge in [-0.2, -0.15) is 4.99 Å². The van der Waals surface area contributed by atoms with E-state index in [4.69, 9.17) is 17.2 Å². The monoisotopic (exact) mass is 235 g/mol. The highest BCUT2D eigenvalue weighted by Crippen LogP contribution is 2.11. The summed E-state index contributed by atoms with van der Waals surface area (Å²) in [5.41, 5.74) is 15.8. The highest BCUT2D eigenvalue weighted by molar-refractivity contribution is 5.93. The predicted octanol–water partition coefficient (Wildman–Crippen LogP) is -0.804. The second-order valence-electron chi connectivity index (χ2n) is 3.23. The van der Waals surface area contributed by atoms with Crippen molar-refractivity contribution in [1.29, 1.82) is 0 Å². The van der Waals surface area contributed by atoms with Gasteiger partial charge in [0.1, 0.15) is 6.04 Å². The third-order valence-electron chi connectivity index (χ3n) is 1.92. The number of carbonyl (C=O) groups is 2. The highest BCUT2D eigenvalue weighted by atomic mass is 16.2. The molecule has 0 bridgehead atoms. The number of urea groups is 1. The maximum Gasteiger partial charge on any atom is 0.345 e. The number of aliphatic imine (C=N–C) groups is 1. The zero-order chi connectivity index (χ0) is 12.8. The molecule has 7 N–H and O–H groups in total. The topological polar surface area (TPSA) is 137 Å². The van der Waals surface area contributed by atoms with Crippen molar-refractivity contribution in [2.24, 2.45) is 22.2 Å². The van der Waals surface area contributed by atoms with Gasteiger partial charge in [-0.15, -0.1) is 0 Å². The summed E-state index contributed by atoms with van der Waals surface area (Å²) in [6.45, 7) is 0. The number of nitrogens with two attached hydrogens (primary N) is 3. The van der Waals surface area contributed by atoms with E-state index >= 15 is 0 Å². The lowest BCUT2D eigenvalue weighted by molar-refractivity contribution is -0.119. The van der Waals surface area contributed by atoms with E-state index in [2.05, 4.69) is 10.3 Å². The average molecular weight is 235 g/mol. The third-order valence-corrected chi connectivity index (χ3v) is 1.92. The molecule has 0 radical (unpaired) electrons. The van der Waals surface area contributed by atoms with E-state index in [0.717, 1.165) is 0 Å². The largest absolute Gasteiger partial charge is 0.370 e. The highest BCUT2D eigenvalue weighted by Gasteiger charge is 2.19. The molecule has 17 heavy (non-hydrogen) atoms. The Labute approximate surface area is 97.7 Å². The van der Waals surface area contributed by atoms with Crippen molar-refractivity contribution in [2.75, 3.05) is 0 Å². The quantitative estimate of drug-likeness (QED) is 0.402. The van der Waals surface area contributed by atoms with Crippen LogP contribution in [-0.2, 0) is 4.79 Å². The summed E-state index contributed by atoms with van der Waals surface area (Å²) in [4.78, 5) is 25.7. The van der Waals surface area contributed by atoms with E-state index in [-0.39, 0.29) is 0 Å². The van der Waals surface area contributed by atoms with Gasteiger partial charge in [-0.25, -0.2) is 4.79 Å². The molecule has 0 aromatic heterocycles. The van der Waals surface area contributed by atoms with E-state index in [1.165, 1.54) is 0 Å². The van der Waals surface area contributed by atoms with Crippen LogP contribution in [0.3, 0.4) is 0 Å². The number of guanidine groups is 1. The van der Waals surface area contributed by atoms with E-state index in [1.54, 1.807) is 30.3 Å². The number of amides is 3. The van der Waals surface area contributed by atoms with Crippen LogP contribution in [0.25, 0.3) is 0 Å². The molecular weight excluding hydrogens is 222 g/mol. The van der Waals surface area contributed by atoms with Crippen LogP contribution >= 0.6 is 0 Å². The molecule has 0 saturated heterocycles. The van der Waals surface area contributed by atoms with Crippen LogP contribution in [0.4, 0.5) is 4.79 Å². The Morgan fingerprint density at radius 1 is 1.12 bits per heavy atom. The number of hydrogen-bond acceptors (Lipinski definition) is 2. The van der Waals surface area contributed by atoms with Gasteiger partial charge >= 0.3 is 6.03 Å². The Bertz CT molecular complexity index is 439. The normalized spacial score (nSPS) is 11.3. The first-order valence-corrected chi connectivity index (χ1v) is 4.75. The van der Waals surface area contributed by atoms with Gasteiger partial charge in [0.25, 0.3) is 0 Å². The first-order valence-electron chi connectivity index (χ1n) is 4.75. The van der Waals surface area contributed by atoms with Gasteiger partial charge < -0.3 is 22.5 Å². The molecule has 0 aliphatic heterocycles. The maximum atomic E-state index is 11.3. The first-order chi connectivity index (χ1) is 8.00. The molecule has 3 amide bonds. The number of benzene rings is 1. The molecule has 7 heteroatoms. The zero-order valence-electron chi connectivity index (χ0n) is 8.96. The minimum absolute atomic E-state index is 0.390. The Kier molecular flexibility index (Phi) is 4.04. The van der Waals surface area contributed by atoms with Crippen LogP contribution < -0.4 is 22.5 Å². The molecule has 1 atom stereocenters. The fraction of sp³-hybridized carbons (Fsp3) is 0.100. The van der Waals surface area contributed by atoms with Gasteiger partial charge in [0, 0.05) is 0 Å². The summed E-state index contributed by atoms with van der Waals surface area (Å²) in [5.74, 6) is -1.09. The van der Waals surface area contributed by atoms with Crippen LogP contribution in [0.5, 0.6) is 0 Å². The van der Waals surface area contributed by atoms with Crippen molar-refractivity contribution in [3.63, 3.8) is 0 Å². The van der Waals surface area contributed by atoms with Gasteiger partial charge in [0.15, 0.2) is 5.96 Å². The summed E-state index contributed by atoms with van der Waals surface area (Å²) in [6, 6.07) is 6.75. The first kappa shape index (κ1) is 12.5. The number of nitrogens with one attached hydrogen (secondary N) is 1.